The number of hydrogen-bond donors (Lipinski definition) is 2. The Balaban J connectivity index is 2.01. The van der Waals surface area contributed by atoms with Crippen LogP contribution >= 0.6 is 23.2 Å². The molecule has 1 aliphatic heterocycles. The Bertz CT molecular complexity index is 473. The molecule has 2 amide bonds. The summed E-state index contributed by atoms with van der Waals surface area (Å²) in [6.45, 7) is 1.96. The topological polar surface area (TPSA) is 44.4 Å². The van der Waals surface area contributed by atoms with Gasteiger partial charge in [0, 0.05) is 18.1 Å². The standard InChI is InChI=1S/C14H19Cl2N3O/c1-19(11-3-2-7-17-8-6-11)14(20)18-13-9-10(15)4-5-12(13)16/h4-5,9,11,17H,2-3,6-8H2,1H3,(H,18,20). The maximum Gasteiger partial charge on any atom is 0.321 e. The van der Waals surface area contributed by atoms with Gasteiger partial charge in [-0.2, -0.15) is 0 Å². The Morgan fingerprint density at radius 2 is 2.15 bits per heavy atom. The largest absolute Gasteiger partial charge is 0.325 e. The second-order valence-electron chi connectivity index (χ2n) is 5.00. The van der Waals surface area contributed by atoms with E-state index in [9.17, 15) is 4.79 Å². The van der Waals surface area contributed by atoms with Crippen molar-refractivity contribution in [3.05, 3.63) is 28.2 Å². The maximum absolute atomic E-state index is 12.3. The van der Waals surface area contributed by atoms with Crippen molar-refractivity contribution in [1.82, 2.24) is 10.2 Å². The first-order chi connectivity index (χ1) is 9.58. The highest BCUT2D eigenvalue weighted by Gasteiger charge is 2.21. The lowest BCUT2D eigenvalue weighted by Gasteiger charge is -2.27. The third-order valence-electron chi connectivity index (χ3n) is 3.58. The molecule has 0 radical (unpaired) electrons. The summed E-state index contributed by atoms with van der Waals surface area (Å²) in [5, 5.41) is 7.19. The number of benzene rings is 1. The number of carbonyl (C=O) groups is 1. The van der Waals surface area contributed by atoms with E-state index in [1.54, 1.807) is 23.1 Å². The molecule has 2 N–H and O–H groups in total. The molecule has 1 fully saturated rings. The number of amides is 2. The van der Waals surface area contributed by atoms with Crippen LogP contribution in [0.15, 0.2) is 18.2 Å². The molecule has 1 aromatic rings. The van der Waals surface area contributed by atoms with Gasteiger partial charge in [-0.15, -0.1) is 0 Å². The number of rotatable bonds is 2. The van der Waals surface area contributed by atoms with Gasteiger partial charge in [-0.25, -0.2) is 4.79 Å². The third kappa shape index (κ3) is 4.01. The lowest BCUT2D eigenvalue weighted by atomic mass is 10.1. The number of halogens is 2. The maximum atomic E-state index is 12.3. The Morgan fingerprint density at radius 1 is 1.35 bits per heavy atom. The predicted octanol–water partition coefficient (Wildman–Crippen LogP) is 3.60. The zero-order valence-corrected chi connectivity index (χ0v) is 13.0. The van der Waals surface area contributed by atoms with E-state index in [2.05, 4.69) is 10.6 Å². The van der Waals surface area contributed by atoms with Crippen LogP contribution in [-0.2, 0) is 0 Å². The van der Waals surface area contributed by atoms with E-state index in [1.807, 2.05) is 7.05 Å². The fourth-order valence-electron chi connectivity index (χ4n) is 2.35. The fraction of sp³-hybridized carbons (Fsp3) is 0.500. The van der Waals surface area contributed by atoms with Gasteiger partial charge in [-0.1, -0.05) is 23.2 Å². The fourth-order valence-corrected chi connectivity index (χ4v) is 2.69. The van der Waals surface area contributed by atoms with Crippen molar-refractivity contribution in [3.63, 3.8) is 0 Å². The Hall–Kier alpha value is -0.970. The first-order valence-corrected chi connectivity index (χ1v) is 7.53. The van der Waals surface area contributed by atoms with E-state index < -0.39 is 0 Å². The molecule has 1 unspecified atom stereocenters. The molecular weight excluding hydrogens is 297 g/mol. The van der Waals surface area contributed by atoms with E-state index in [0.29, 0.717) is 15.7 Å². The van der Waals surface area contributed by atoms with Crippen LogP contribution in [0.5, 0.6) is 0 Å². The second kappa shape index (κ2) is 7.16. The van der Waals surface area contributed by atoms with Crippen molar-refractivity contribution in [1.29, 1.82) is 0 Å². The molecule has 6 heteroatoms. The highest BCUT2D eigenvalue weighted by Crippen LogP contribution is 2.26. The number of hydrogen-bond acceptors (Lipinski definition) is 2. The normalized spacial score (nSPS) is 19.2. The molecule has 1 saturated heterocycles. The molecule has 0 spiro atoms. The van der Waals surface area contributed by atoms with Crippen molar-refractivity contribution in [3.8, 4) is 0 Å². The quantitative estimate of drug-likeness (QED) is 0.875. The summed E-state index contributed by atoms with van der Waals surface area (Å²) >= 11 is 12.0. The molecule has 0 aromatic heterocycles. The molecule has 0 aliphatic carbocycles. The number of carbonyl (C=O) groups excluding carboxylic acids is 1. The van der Waals surface area contributed by atoms with Crippen LogP contribution in [0, 0.1) is 0 Å². The van der Waals surface area contributed by atoms with E-state index in [4.69, 9.17) is 23.2 Å². The first kappa shape index (κ1) is 15.4. The van der Waals surface area contributed by atoms with Gasteiger partial charge in [0.2, 0.25) is 0 Å². The molecule has 0 bridgehead atoms. The van der Waals surface area contributed by atoms with E-state index in [-0.39, 0.29) is 12.1 Å². The summed E-state index contributed by atoms with van der Waals surface area (Å²) in [6.07, 6.45) is 3.06. The van der Waals surface area contributed by atoms with Crippen LogP contribution in [0.2, 0.25) is 10.0 Å². The van der Waals surface area contributed by atoms with Crippen molar-refractivity contribution < 1.29 is 4.79 Å². The van der Waals surface area contributed by atoms with Gasteiger partial charge >= 0.3 is 6.03 Å². The van der Waals surface area contributed by atoms with Gasteiger partial charge in [0.1, 0.15) is 0 Å². The third-order valence-corrected chi connectivity index (χ3v) is 4.15. The summed E-state index contributed by atoms with van der Waals surface area (Å²) in [4.78, 5) is 14.0. The van der Waals surface area contributed by atoms with Gasteiger partial charge < -0.3 is 15.5 Å². The molecule has 1 atom stereocenters. The number of nitrogens with zero attached hydrogens (tertiary/aromatic N) is 1. The predicted molar refractivity (Wildman–Crippen MR) is 83.8 cm³/mol. The summed E-state index contributed by atoms with van der Waals surface area (Å²) < 4.78 is 0. The zero-order chi connectivity index (χ0) is 14.5. The summed E-state index contributed by atoms with van der Waals surface area (Å²) in [5.41, 5.74) is 0.544. The summed E-state index contributed by atoms with van der Waals surface area (Å²) in [7, 11) is 1.82. The lowest BCUT2D eigenvalue weighted by Crippen LogP contribution is -2.40. The Morgan fingerprint density at radius 3 is 2.95 bits per heavy atom. The highest BCUT2D eigenvalue weighted by atomic mass is 35.5. The Labute approximate surface area is 129 Å². The van der Waals surface area contributed by atoms with Gasteiger partial charge in [0.15, 0.2) is 0 Å². The summed E-state index contributed by atoms with van der Waals surface area (Å²) in [6, 6.07) is 5.13. The highest BCUT2D eigenvalue weighted by molar-refractivity contribution is 6.35. The minimum Gasteiger partial charge on any atom is -0.325 e. The van der Waals surface area contributed by atoms with Crippen LogP contribution in [0.1, 0.15) is 19.3 Å². The summed E-state index contributed by atoms with van der Waals surface area (Å²) in [5.74, 6) is 0. The Kier molecular flexibility index (Phi) is 5.52. The molecule has 110 valence electrons. The average molecular weight is 316 g/mol. The van der Waals surface area contributed by atoms with E-state index in [1.165, 1.54) is 0 Å². The molecule has 4 nitrogen and oxygen atoms in total. The minimum atomic E-state index is -0.152. The lowest BCUT2D eigenvalue weighted by molar-refractivity contribution is 0.198. The molecule has 2 rings (SSSR count). The number of urea groups is 1. The molecule has 0 saturated carbocycles. The second-order valence-corrected chi connectivity index (χ2v) is 5.84. The minimum absolute atomic E-state index is 0.152. The monoisotopic (exact) mass is 315 g/mol. The average Bonchev–Trinajstić information content (AvgIpc) is 2.71. The van der Waals surface area contributed by atoms with Gasteiger partial charge in [-0.3, -0.25) is 0 Å². The molecule has 20 heavy (non-hydrogen) atoms. The van der Waals surface area contributed by atoms with Crippen molar-refractivity contribution in [2.45, 2.75) is 25.3 Å². The molecule has 1 aromatic carbocycles. The number of nitrogens with one attached hydrogen (secondary N) is 2. The van der Waals surface area contributed by atoms with Gasteiger partial charge in [0.25, 0.3) is 0 Å². The van der Waals surface area contributed by atoms with E-state index >= 15 is 0 Å². The van der Waals surface area contributed by atoms with Crippen LogP contribution in [-0.4, -0.2) is 37.1 Å². The van der Waals surface area contributed by atoms with Crippen molar-refractivity contribution >= 4 is 34.9 Å². The van der Waals surface area contributed by atoms with Crippen molar-refractivity contribution in [2.24, 2.45) is 0 Å². The van der Waals surface area contributed by atoms with Gasteiger partial charge in [-0.05, 0) is 50.6 Å². The molecule has 1 aliphatic rings. The zero-order valence-electron chi connectivity index (χ0n) is 11.5. The molecule has 1 heterocycles. The first-order valence-electron chi connectivity index (χ1n) is 6.77. The van der Waals surface area contributed by atoms with Crippen LogP contribution in [0.3, 0.4) is 0 Å². The van der Waals surface area contributed by atoms with Crippen LogP contribution in [0.4, 0.5) is 10.5 Å². The van der Waals surface area contributed by atoms with Crippen LogP contribution < -0.4 is 10.6 Å². The van der Waals surface area contributed by atoms with E-state index in [0.717, 1.165) is 32.4 Å². The smallest absolute Gasteiger partial charge is 0.321 e. The van der Waals surface area contributed by atoms with Crippen molar-refractivity contribution in [2.75, 3.05) is 25.5 Å². The SMILES string of the molecule is CN(C(=O)Nc1cc(Cl)ccc1Cl)C1CCCNCC1. The number of anilines is 1. The molecular formula is C14H19Cl2N3O. The van der Waals surface area contributed by atoms with Gasteiger partial charge in [0.05, 0.1) is 10.7 Å². The van der Waals surface area contributed by atoms with Crippen LogP contribution in [0.25, 0.3) is 0 Å².